The van der Waals surface area contributed by atoms with Crippen LogP contribution in [0.15, 0.2) is 54.6 Å². The lowest BCUT2D eigenvalue weighted by Crippen LogP contribution is -2.00. The van der Waals surface area contributed by atoms with Gasteiger partial charge in [-0.15, -0.1) is 0 Å². The minimum Gasteiger partial charge on any atom is -0.507 e. The summed E-state index contributed by atoms with van der Waals surface area (Å²) in [5.41, 5.74) is 4.12. The molecule has 0 aromatic heterocycles. The summed E-state index contributed by atoms with van der Waals surface area (Å²) in [5.74, 6) is -2.34. The molecular weight excluding hydrogens is 292 g/mol. The van der Waals surface area contributed by atoms with E-state index in [1.54, 1.807) is 0 Å². The number of hydrogen-bond donors (Lipinski definition) is 4. The highest BCUT2D eigenvalue weighted by molar-refractivity contribution is 5.82. The van der Waals surface area contributed by atoms with Crippen molar-refractivity contribution in [1.82, 2.24) is 0 Å². The van der Waals surface area contributed by atoms with Crippen LogP contribution in [0.3, 0.4) is 0 Å². The molecule has 0 atom stereocenters. The molecule has 4 rings (SSSR count). The summed E-state index contributed by atoms with van der Waals surface area (Å²) in [6.07, 6.45) is 0. The number of phenolic OH excluding ortho intramolecular Hbond substituents is 4. The van der Waals surface area contributed by atoms with E-state index in [0.717, 1.165) is 28.3 Å². The maximum atomic E-state index is 10.3. The van der Waals surface area contributed by atoms with Gasteiger partial charge in [0.2, 0.25) is 5.75 Å². The summed E-state index contributed by atoms with van der Waals surface area (Å²) in [4.78, 5) is 0. The van der Waals surface area contributed by atoms with Gasteiger partial charge in [-0.25, -0.2) is 0 Å². The molecule has 0 saturated carbocycles. The summed E-state index contributed by atoms with van der Waals surface area (Å²) < 4.78 is 0. The first kappa shape index (κ1) is 13.5. The minimum absolute atomic E-state index is 0.192. The van der Waals surface area contributed by atoms with E-state index < -0.39 is 23.2 Å². The van der Waals surface area contributed by atoms with E-state index in [4.69, 9.17) is 0 Å². The molecule has 0 fully saturated rings. The molecule has 0 heterocycles. The molecule has 0 spiro atoms. The number of hydrogen-bond acceptors (Lipinski definition) is 4. The van der Waals surface area contributed by atoms with Crippen LogP contribution in [-0.4, -0.2) is 20.4 Å². The molecule has 4 nitrogen and oxygen atoms in total. The Kier molecular flexibility index (Phi) is 2.75. The van der Waals surface area contributed by atoms with Crippen LogP contribution in [0.5, 0.6) is 23.0 Å². The lowest BCUT2D eigenvalue weighted by Gasteiger charge is -2.18. The second-order valence-corrected chi connectivity index (χ2v) is 5.63. The fraction of sp³-hybridized carbons (Fsp3) is 0.0526. The van der Waals surface area contributed by atoms with Gasteiger partial charge in [0.25, 0.3) is 0 Å². The average Bonchev–Trinajstić information content (AvgIpc) is 2.88. The van der Waals surface area contributed by atoms with Gasteiger partial charge in [-0.1, -0.05) is 48.5 Å². The normalized spacial score (nSPS) is 12.9. The van der Waals surface area contributed by atoms with Crippen LogP contribution >= 0.6 is 0 Å². The van der Waals surface area contributed by atoms with Gasteiger partial charge in [-0.3, -0.25) is 0 Å². The third-order valence-electron chi connectivity index (χ3n) is 4.39. The number of rotatable bonds is 1. The first-order valence-electron chi connectivity index (χ1n) is 7.24. The molecule has 23 heavy (non-hydrogen) atoms. The van der Waals surface area contributed by atoms with Crippen molar-refractivity contribution in [3.05, 3.63) is 71.3 Å². The van der Waals surface area contributed by atoms with Crippen molar-refractivity contribution in [2.75, 3.05) is 0 Å². The molecule has 0 amide bonds. The van der Waals surface area contributed by atoms with E-state index in [0.29, 0.717) is 0 Å². The summed E-state index contributed by atoms with van der Waals surface area (Å²) in [6.45, 7) is 0. The number of aromatic hydroxyl groups is 4. The predicted octanol–water partition coefficient (Wildman–Crippen LogP) is 3.67. The molecule has 0 radical (unpaired) electrons. The van der Waals surface area contributed by atoms with E-state index in [9.17, 15) is 20.4 Å². The maximum absolute atomic E-state index is 10.3. The quantitative estimate of drug-likeness (QED) is 0.319. The van der Waals surface area contributed by atoms with Gasteiger partial charge in [0, 0.05) is 12.0 Å². The summed E-state index contributed by atoms with van der Waals surface area (Å²) in [6, 6.07) is 16.6. The topological polar surface area (TPSA) is 80.9 Å². The lowest BCUT2D eigenvalue weighted by atomic mass is 9.87. The van der Waals surface area contributed by atoms with E-state index in [2.05, 4.69) is 0 Å². The third-order valence-corrected chi connectivity index (χ3v) is 4.39. The van der Waals surface area contributed by atoms with Gasteiger partial charge in [0.05, 0.1) is 5.56 Å². The average molecular weight is 306 g/mol. The van der Waals surface area contributed by atoms with Crippen LogP contribution in [0.4, 0.5) is 0 Å². The van der Waals surface area contributed by atoms with Gasteiger partial charge in [-0.05, 0) is 22.3 Å². The van der Waals surface area contributed by atoms with Crippen LogP contribution in [-0.2, 0) is 0 Å². The zero-order valence-electron chi connectivity index (χ0n) is 12.1. The van der Waals surface area contributed by atoms with E-state index in [-0.39, 0.29) is 11.3 Å². The molecule has 1 aliphatic carbocycles. The number of phenols is 4. The van der Waals surface area contributed by atoms with Crippen molar-refractivity contribution in [3.8, 4) is 34.1 Å². The zero-order chi connectivity index (χ0) is 16.1. The van der Waals surface area contributed by atoms with Crippen molar-refractivity contribution in [1.29, 1.82) is 0 Å². The highest BCUT2D eigenvalue weighted by Gasteiger charge is 2.34. The van der Waals surface area contributed by atoms with Crippen LogP contribution in [0.25, 0.3) is 11.1 Å². The largest absolute Gasteiger partial charge is 0.507 e. The van der Waals surface area contributed by atoms with Crippen molar-refractivity contribution in [2.45, 2.75) is 5.92 Å². The summed E-state index contributed by atoms with van der Waals surface area (Å²) in [5, 5.41) is 40.0. The second-order valence-electron chi connectivity index (χ2n) is 5.63. The molecule has 0 saturated heterocycles. The van der Waals surface area contributed by atoms with E-state index >= 15 is 0 Å². The first-order chi connectivity index (χ1) is 11.1. The zero-order valence-corrected chi connectivity index (χ0v) is 12.1. The minimum atomic E-state index is -0.625. The Morgan fingerprint density at radius 3 is 1.70 bits per heavy atom. The molecule has 0 aliphatic heterocycles. The van der Waals surface area contributed by atoms with Crippen molar-refractivity contribution < 1.29 is 20.4 Å². The molecule has 3 aromatic rings. The molecule has 4 heteroatoms. The van der Waals surface area contributed by atoms with Gasteiger partial charge in [0.15, 0.2) is 11.5 Å². The van der Waals surface area contributed by atoms with Crippen molar-refractivity contribution in [3.63, 3.8) is 0 Å². The predicted molar refractivity (Wildman–Crippen MR) is 85.9 cm³/mol. The standard InChI is InChI=1S/C19H14O4/c20-14-9-15(21)18(22)19(23)17(14)16-12-7-3-1-5-10(12)11-6-2-4-8-13(11)16/h1-9,16,20-23H. The molecule has 1 aliphatic rings. The highest BCUT2D eigenvalue weighted by Crippen LogP contribution is 2.55. The molecular formula is C19H14O4. The van der Waals surface area contributed by atoms with Gasteiger partial charge >= 0.3 is 0 Å². The van der Waals surface area contributed by atoms with Crippen LogP contribution in [0.2, 0.25) is 0 Å². The van der Waals surface area contributed by atoms with E-state index in [1.807, 2.05) is 48.5 Å². The van der Waals surface area contributed by atoms with Crippen LogP contribution in [0.1, 0.15) is 22.6 Å². The number of benzene rings is 3. The fourth-order valence-electron chi connectivity index (χ4n) is 3.40. The Hall–Kier alpha value is -3.14. The number of fused-ring (bicyclic) bond motifs is 3. The van der Waals surface area contributed by atoms with Crippen LogP contribution in [0, 0.1) is 0 Å². The van der Waals surface area contributed by atoms with Gasteiger partial charge in [0.1, 0.15) is 5.75 Å². The third kappa shape index (κ3) is 1.78. The molecule has 0 bridgehead atoms. The van der Waals surface area contributed by atoms with Gasteiger partial charge < -0.3 is 20.4 Å². The summed E-state index contributed by atoms with van der Waals surface area (Å²) >= 11 is 0. The first-order valence-corrected chi connectivity index (χ1v) is 7.24. The molecule has 3 aromatic carbocycles. The highest BCUT2D eigenvalue weighted by atomic mass is 16.3. The Morgan fingerprint density at radius 2 is 1.13 bits per heavy atom. The molecule has 4 N–H and O–H groups in total. The SMILES string of the molecule is Oc1cc(O)c(C2c3ccccc3-c3ccccc32)c(O)c1O. The maximum Gasteiger partial charge on any atom is 0.200 e. The Labute approximate surface area is 132 Å². The van der Waals surface area contributed by atoms with Crippen LogP contribution < -0.4 is 0 Å². The summed E-state index contributed by atoms with van der Waals surface area (Å²) in [7, 11) is 0. The Bertz CT molecular complexity index is 885. The lowest BCUT2D eigenvalue weighted by molar-refractivity contribution is 0.356. The van der Waals surface area contributed by atoms with E-state index in [1.165, 1.54) is 0 Å². The smallest absolute Gasteiger partial charge is 0.200 e. The molecule has 114 valence electrons. The molecule has 0 unspecified atom stereocenters. The van der Waals surface area contributed by atoms with Gasteiger partial charge in [-0.2, -0.15) is 0 Å². The Morgan fingerprint density at radius 1 is 0.609 bits per heavy atom. The monoisotopic (exact) mass is 306 g/mol. The fourth-order valence-corrected chi connectivity index (χ4v) is 3.40. The Balaban J connectivity index is 2.06. The van der Waals surface area contributed by atoms with Crippen molar-refractivity contribution >= 4 is 0 Å². The van der Waals surface area contributed by atoms with Crippen molar-refractivity contribution in [2.24, 2.45) is 0 Å². The second kappa shape index (κ2) is 4.68.